The number of hydrogen-bond acceptors (Lipinski definition) is 8. The number of aliphatic hydroxyl groups is 1. The number of nitrogens with zero attached hydrogens (tertiary/aromatic N) is 7. The Hall–Kier alpha value is -4.61. The van der Waals surface area contributed by atoms with Crippen molar-refractivity contribution < 1.29 is 14.3 Å². The molecule has 4 aromatic rings. The van der Waals surface area contributed by atoms with Gasteiger partial charge in [-0.05, 0) is 51.3 Å². The number of carbonyl (C=O) groups excluding carboxylic acids is 1. The van der Waals surface area contributed by atoms with Crippen LogP contribution in [0.1, 0.15) is 68.1 Å². The molecule has 4 rings (SSSR count). The van der Waals surface area contributed by atoms with Crippen molar-refractivity contribution in [2.75, 3.05) is 19.3 Å². The number of hydrogen-bond donors (Lipinski definition) is 2. The largest absolute Gasteiger partial charge is 0.386 e. The Morgan fingerprint density at radius 3 is 2.27 bits per heavy atom. The molecule has 0 unspecified atom stereocenters. The lowest BCUT2D eigenvalue weighted by molar-refractivity contribution is 0.0750. The first-order valence-electron chi connectivity index (χ1n) is 12.6. The molecule has 3 N–H and O–H groups in total. The van der Waals surface area contributed by atoms with Crippen LogP contribution in [0.3, 0.4) is 0 Å². The third-order valence-electron chi connectivity index (χ3n) is 5.64. The number of terminal acetylenes is 2. The van der Waals surface area contributed by atoms with E-state index in [1.807, 2.05) is 13.8 Å². The summed E-state index contributed by atoms with van der Waals surface area (Å²) in [7, 11) is 1.69. The van der Waals surface area contributed by atoms with Gasteiger partial charge in [0.2, 0.25) is 11.8 Å². The first-order valence-corrected chi connectivity index (χ1v) is 12.6. The number of aromatic nitrogens is 6. The van der Waals surface area contributed by atoms with Crippen LogP contribution >= 0.6 is 0 Å². The van der Waals surface area contributed by atoms with Crippen LogP contribution in [0.15, 0.2) is 24.5 Å². The summed E-state index contributed by atoms with van der Waals surface area (Å²) in [5.74, 6) is 0.180. The van der Waals surface area contributed by atoms with Crippen LogP contribution in [-0.2, 0) is 12.0 Å². The number of nitrogen functional groups attached to an aromatic ring is 1. The number of nitrogens with two attached hydrogens (primary N) is 1. The van der Waals surface area contributed by atoms with Crippen molar-refractivity contribution in [3.05, 3.63) is 53.1 Å². The molecule has 0 spiro atoms. The molecule has 1 aromatic carbocycles. The Balaban J connectivity index is 0.00000125. The summed E-state index contributed by atoms with van der Waals surface area (Å²) in [6.45, 7) is 9.53. The zero-order valence-corrected chi connectivity index (χ0v) is 23.9. The van der Waals surface area contributed by atoms with Crippen LogP contribution in [-0.4, -0.2) is 59.1 Å². The average molecular weight is 549 g/mol. The molecular formula is C29H37FN8O2. The Labute approximate surface area is 234 Å². The number of halogens is 1. The molecule has 0 aliphatic rings. The molecule has 10 nitrogen and oxygen atoms in total. The lowest BCUT2D eigenvalue weighted by Crippen LogP contribution is -2.29. The van der Waals surface area contributed by atoms with Gasteiger partial charge in [-0.15, -0.1) is 30.8 Å². The van der Waals surface area contributed by atoms with Gasteiger partial charge in [-0.3, -0.25) is 4.79 Å². The maximum atomic E-state index is 13.9. The second-order valence-electron chi connectivity index (χ2n) is 8.89. The molecule has 0 radical (unpaired) electrons. The number of aryl methyl sites for hydroxylation is 2. The normalized spacial score (nSPS) is 10.4. The van der Waals surface area contributed by atoms with Crippen LogP contribution in [0, 0.1) is 38.4 Å². The van der Waals surface area contributed by atoms with Gasteiger partial charge in [-0.2, -0.15) is 4.52 Å². The monoisotopic (exact) mass is 548 g/mol. The van der Waals surface area contributed by atoms with Gasteiger partial charge in [0.05, 0.1) is 11.1 Å². The molecule has 0 aliphatic carbocycles. The molecule has 0 saturated heterocycles. The number of carbonyl (C=O) groups is 1. The summed E-state index contributed by atoms with van der Waals surface area (Å²) in [4.78, 5) is 31.2. The van der Waals surface area contributed by atoms with Crippen LogP contribution < -0.4 is 5.73 Å². The minimum Gasteiger partial charge on any atom is -0.386 e. The zero-order chi connectivity index (χ0) is 30.6. The van der Waals surface area contributed by atoms with E-state index in [-0.39, 0.29) is 23.5 Å². The van der Waals surface area contributed by atoms with Gasteiger partial charge in [-0.25, -0.2) is 24.3 Å². The van der Waals surface area contributed by atoms with Crippen molar-refractivity contribution in [3.8, 4) is 25.7 Å². The van der Waals surface area contributed by atoms with Gasteiger partial charge in [0.25, 0.3) is 5.91 Å². The fourth-order valence-corrected chi connectivity index (χ4v) is 3.67. The molecule has 11 heteroatoms. The third-order valence-corrected chi connectivity index (χ3v) is 5.64. The Bertz CT molecular complexity index is 1450. The molecule has 1 amide bonds. The predicted octanol–water partition coefficient (Wildman–Crippen LogP) is 3.94. The van der Waals surface area contributed by atoms with Gasteiger partial charge in [0.1, 0.15) is 5.82 Å². The first-order chi connectivity index (χ1) is 19.0. The zero-order valence-electron chi connectivity index (χ0n) is 23.9. The summed E-state index contributed by atoms with van der Waals surface area (Å²) in [6, 6.07) is 2.80. The summed E-state index contributed by atoms with van der Waals surface area (Å²) >= 11 is 0. The Kier molecular flexibility index (Phi) is 12.6. The highest BCUT2D eigenvalue weighted by Crippen LogP contribution is 2.24. The molecule has 3 aromatic heterocycles. The fourth-order valence-electron chi connectivity index (χ4n) is 3.67. The summed E-state index contributed by atoms with van der Waals surface area (Å²) in [5, 5.41) is 15.0. The van der Waals surface area contributed by atoms with E-state index >= 15 is 0 Å². The van der Waals surface area contributed by atoms with Crippen LogP contribution in [0.5, 0.6) is 0 Å². The molecule has 0 saturated carbocycles. The van der Waals surface area contributed by atoms with Gasteiger partial charge in [0.15, 0.2) is 11.5 Å². The minimum atomic E-state index is -1.07. The predicted molar refractivity (Wildman–Crippen MR) is 156 cm³/mol. The SMILES string of the molecule is C#C.C#C.CC.Cc1cc(F)cc2c1nc(N)n1nc(CCCCN(C)C(=O)c3ncc(C(C)(C)O)cn3)nc21. The van der Waals surface area contributed by atoms with Crippen molar-refractivity contribution in [1.82, 2.24) is 34.4 Å². The average Bonchev–Trinajstić information content (AvgIpc) is 3.39. The van der Waals surface area contributed by atoms with Gasteiger partial charge in [0, 0.05) is 43.4 Å². The Morgan fingerprint density at radius 1 is 1.10 bits per heavy atom. The highest BCUT2D eigenvalue weighted by atomic mass is 19.1. The van der Waals surface area contributed by atoms with E-state index in [1.54, 1.807) is 32.7 Å². The molecule has 0 aliphatic heterocycles. The van der Waals surface area contributed by atoms with Gasteiger partial charge in [-0.1, -0.05) is 13.8 Å². The molecule has 212 valence electrons. The highest BCUT2D eigenvalue weighted by molar-refractivity contribution is 5.94. The molecule has 0 fully saturated rings. The first kappa shape index (κ1) is 33.4. The molecule has 3 heterocycles. The lowest BCUT2D eigenvalue weighted by Gasteiger charge is -2.18. The number of anilines is 1. The van der Waals surface area contributed by atoms with E-state index in [9.17, 15) is 14.3 Å². The number of fused-ring (bicyclic) bond motifs is 3. The van der Waals surface area contributed by atoms with Crippen LogP contribution in [0.25, 0.3) is 16.6 Å². The van der Waals surface area contributed by atoms with Crippen molar-refractivity contribution in [1.29, 1.82) is 0 Å². The van der Waals surface area contributed by atoms with Crippen LogP contribution in [0.2, 0.25) is 0 Å². The van der Waals surface area contributed by atoms with Gasteiger partial charge < -0.3 is 15.7 Å². The third kappa shape index (κ3) is 7.95. The number of amides is 1. The number of benzene rings is 1. The molecule has 0 bridgehead atoms. The van der Waals surface area contributed by atoms with Gasteiger partial charge >= 0.3 is 0 Å². The van der Waals surface area contributed by atoms with E-state index < -0.39 is 5.60 Å². The minimum absolute atomic E-state index is 0.0786. The quantitative estimate of drug-likeness (QED) is 0.262. The maximum Gasteiger partial charge on any atom is 0.291 e. The summed E-state index contributed by atoms with van der Waals surface area (Å²) < 4.78 is 15.4. The molecule has 40 heavy (non-hydrogen) atoms. The van der Waals surface area contributed by atoms with E-state index in [0.717, 1.165) is 6.42 Å². The molecular weight excluding hydrogens is 511 g/mol. The number of rotatable bonds is 7. The maximum absolute atomic E-state index is 13.9. The van der Waals surface area contributed by atoms with Crippen molar-refractivity contribution >= 4 is 28.4 Å². The standard InChI is InChI=1S/C23H27FN8O2.C2H6.2C2H2/c1-13-9-15(24)10-16-18(13)29-22(25)32-20(16)28-17(30-32)7-5-6-8-31(4)21(33)19-26-11-14(12-27-19)23(2,3)34;3*1-2/h9-12,34H,5-8H2,1-4H3,(H2,25,29);1-2H3;2*1-2H. The summed E-state index contributed by atoms with van der Waals surface area (Å²) in [5.41, 5.74) is 7.26. The van der Waals surface area contributed by atoms with Crippen molar-refractivity contribution in [2.45, 2.75) is 59.5 Å². The Morgan fingerprint density at radius 2 is 1.70 bits per heavy atom. The van der Waals surface area contributed by atoms with E-state index in [2.05, 4.69) is 50.7 Å². The van der Waals surface area contributed by atoms with E-state index in [0.29, 0.717) is 52.9 Å². The van der Waals surface area contributed by atoms with E-state index in [4.69, 9.17) is 5.73 Å². The second-order valence-corrected chi connectivity index (χ2v) is 8.89. The smallest absolute Gasteiger partial charge is 0.291 e. The molecule has 0 atom stereocenters. The second kappa shape index (κ2) is 15.1. The van der Waals surface area contributed by atoms with Crippen molar-refractivity contribution in [2.24, 2.45) is 0 Å². The fraction of sp³-hybridized carbons (Fsp3) is 0.379. The van der Waals surface area contributed by atoms with Crippen LogP contribution in [0.4, 0.5) is 10.3 Å². The van der Waals surface area contributed by atoms with E-state index in [1.165, 1.54) is 29.0 Å². The number of unbranched alkanes of at least 4 members (excludes halogenated alkanes) is 1. The van der Waals surface area contributed by atoms with Crippen molar-refractivity contribution in [3.63, 3.8) is 0 Å². The lowest BCUT2D eigenvalue weighted by atomic mass is 10.0. The topological polar surface area (TPSA) is 135 Å². The summed E-state index contributed by atoms with van der Waals surface area (Å²) in [6.07, 6.45) is 20.9. The highest BCUT2D eigenvalue weighted by Gasteiger charge is 2.20.